The van der Waals surface area contributed by atoms with Crippen molar-refractivity contribution in [1.82, 2.24) is 15.3 Å². The van der Waals surface area contributed by atoms with Crippen molar-refractivity contribution in [2.45, 2.75) is 65.0 Å². The molecule has 0 saturated carbocycles. The summed E-state index contributed by atoms with van der Waals surface area (Å²) in [6.45, 7) is 9.86. The van der Waals surface area contributed by atoms with Crippen LogP contribution in [0.3, 0.4) is 0 Å². The Hall–Kier alpha value is -2.41. The minimum absolute atomic E-state index is 0.101. The van der Waals surface area contributed by atoms with E-state index in [4.69, 9.17) is 22.2 Å². The molecule has 3 atom stereocenters. The molecule has 0 amide bonds. The molecule has 2 saturated heterocycles. The van der Waals surface area contributed by atoms with Gasteiger partial charge in [-0.2, -0.15) is 9.97 Å². The molecule has 1 aromatic heterocycles. The zero-order valence-corrected chi connectivity index (χ0v) is 20.4. The summed E-state index contributed by atoms with van der Waals surface area (Å²) in [4.78, 5) is 14.6. The van der Waals surface area contributed by atoms with Gasteiger partial charge in [0.1, 0.15) is 11.6 Å². The van der Waals surface area contributed by atoms with Crippen molar-refractivity contribution >= 4 is 34.9 Å². The monoisotopic (exact) mass is 452 g/mol. The molecule has 0 spiro atoms. The minimum Gasteiger partial charge on any atom is -0.356 e. The Kier molecular flexibility index (Phi) is 7.45. The Morgan fingerprint density at radius 1 is 1.03 bits per heavy atom. The summed E-state index contributed by atoms with van der Waals surface area (Å²) in [6.07, 6.45) is 6.20. The van der Waals surface area contributed by atoms with Crippen LogP contribution in [-0.2, 0) is 0 Å². The Labute approximate surface area is 197 Å². The SMILES string of the molecule is C[C@@H]1CCCN(c2cc(N3CCCC[C@@H]3C)nc(NC(=S)N[C@H](C)c3ccccc3)n2)C1. The Morgan fingerprint density at radius 3 is 2.56 bits per heavy atom. The summed E-state index contributed by atoms with van der Waals surface area (Å²) >= 11 is 5.62. The highest BCUT2D eigenvalue weighted by Crippen LogP contribution is 2.29. The average molecular weight is 453 g/mol. The quantitative estimate of drug-likeness (QED) is 0.609. The number of hydrogen-bond acceptors (Lipinski definition) is 5. The lowest BCUT2D eigenvalue weighted by Crippen LogP contribution is -2.39. The fourth-order valence-electron chi connectivity index (χ4n) is 4.78. The maximum atomic E-state index is 5.62. The van der Waals surface area contributed by atoms with Gasteiger partial charge >= 0.3 is 0 Å². The van der Waals surface area contributed by atoms with Crippen molar-refractivity contribution in [1.29, 1.82) is 0 Å². The van der Waals surface area contributed by atoms with Crippen molar-refractivity contribution < 1.29 is 0 Å². The van der Waals surface area contributed by atoms with Gasteiger partial charge in [-0.3, -0.25) is 0 Å². The topological polar surface area (TPSA) is 56.3 Å². The maximum absolute atomic E-state index is 5.62. The molecule has 0 bridgehead atoms. The lowest BCUT2D eigenvalue weighted by Gasteiger charge is -2.36. The van der Waals surface area contributed by atoms with Crippen LogP contribution in [0.25, 0.3) is 0 Å². The van der Waals surface area contributed by atoms with Crippen molar-refractivity contribution in [3.63, 3.8) is 0 Å². The van der Waals surface area contributed by atoms with Crippen LogP contribution in [0.2, 0.25) is 0 Å². The van der Waals surface area contributed by atoms with E-state index >= 15 is 0 Å². The van der Waals surface area contributed by atoms with Crippen LogP contribution >= 0.6 is 12.2 Å². The smallest absolute Gasteiger partial charge is 0.232 e. The van der Waals surface area contributed by atoms with E-state index in [0.29, 0.717) is 23.0 Å². The Morgan fingerprint density at radius 2 is 1.81 bits per heavy atom. The van der Waals surface area contributed by atoms with Gasteiger partial charge < -0.3 is 20.4 Å². The molecular weight excluding hydrogens is 416 g/mol. The van der Waals surface area contributed by atoms with E-state index in [9.17, 15) is 0 Å². The van der Waals surface area contributed by atoms with Crippen molar-refractivity contribution in [3.05, 3.63) is 42.0 Å². The number of anilines is 3. The van der Waals surface area contributed by atoms with Crippen molar-refractivity contribution in [2.24, 2.45) is 5.92 Å². The maximum Gasteiger partial charge on any atom is 0.232 e. The van der Waals surface area contributed by atoms with E-state index < -0.39 is 0 Å². The molecule has 4 rings (SSSR count). The van der Waals surface area contributed by atoms with E-state index in [1.54, 1.807) is 0 Å². The molecular formula is C25H36N6S. The van der Waals surface area contributed by atoms with Gasteiger partial charge in [0.15, 0.2) is 5.11 Å². The number of thiocarbonyl (C=S) groups is 1. The Balaban J connectivity index is 1.55. The molecule has 6 nitrogen and oxygen atoms in total. The van der Waals surface area contributed by atoms with Crippen LogP contribution in [-0.4, -0.2) is 40.8 Å². The van der Waals surface area contributed by atoms with Crippen molar-refractivity contribution in [3.8, 4) is 0 Å². The highest BCUT2D eigenvalue weighted by molar-refractivity contribution is 7.80. The lowest BCUT2D eigenvalue weighted by atomic mass is 10.0. The van der Waals surface area contributed by atoms with E-state index in [1.807, 2.05) is 18.2 Å². The lowest BCUT2D eigenvalue weighted by molar-refractivity contribution is 0.444. The van der Waals surface area contributed by atoms with Gasteiger partial charge in [-0.05, 0) is 69.7 Å². The van der Waals surface area contributed by atoms with Gasteiger partial charge in [0.05, 0.1) is 6.04 Å². The first-order valence-electron chi connectivity index (χ1n) is 12.0. The summed E-state index contributed by atoms with van der Waals surface area (Å²) < 4.78 is 0. The molecule has 0 aliphatic carbocycles. The van der Waals surface area contributed by atoms with E-state index in [0.717, 1.165) is 31.3 Å². The molecule has 172 valence electrons. The fraction of sp³-hybridized carbons (Fsp3) is 0.560. The van der Waals surface area contributed by atoms with Crippen LogP contribution in [0.15, 0.2) is 36.4 Å². The van der Waals surface area contributed by atoms with E-state index in [2.05, 4.69) is 59.4 Å². The van der Waals surface area contributed by atoms with Crippen LogP contribution in [0.5, 0.6) is 0 Å². The zero-order chi connectivity index (χ0) is 22.5. The standard InChI is InChI=1S/C25H36N6S/c1-18-10-9-14-30(17-18)22-16-23(31-15-8-7-11-19(31)2)28-24(27-22)29-25(32)26-20(3)21-12-5-4-6-13-21/h4-6,12-13,16,18-20H,7-11,14-15,17H2,1-3H3,(H2,26,27,28,29,32)/t18-,19+,20-/m1/s1. The summed E-state index contributed by atoms with van der Waals surface area (Å²) in [5.41, 5.74) is 1.19. The summed E-state index contributed by atoms with van der Waals surface area (Å²) in [5.74, 6) is 3.26. The second-order valence-electron chi connectivity index (χ2n) is 9.37. The molecule has 2 N–H and O–H groups in total. The molecule has 2 aromatic rings. The number of nitrogens with one attached hydrogen (secondary N) is 2. The number of rotatable bonds is 5. The van der Waals surface area contributed by atoms with Gasteiger partial charge in [0.2, 0.25) is 5.95 Å². The second-order valence-corrected chi connectivity index (χ2v) is 9.78. The first-order chi connectivity index (χ1) is 15.5. The highest BCUT2D eigenvalue weighted by Gasteiger charge is 2.24. The molecule has 3 heterocycles. The predicted octanol–water partition coefficient (Wildman–Crippen LogP) is 5.14. The first-order valence-corrected chi connectivity index (χ1v) is 12.4. The molecule has 0 unspecified atom stereocenters. The largest absolute Gasteiger partial charge is 0.356 e. The van der Waals surface area contributed by atoms with Gasteiger partial charge in [-0.1, -0.05) is 37.3 Å². The molecule has 2 aliphatic rings. The van der Waals surface area contributed by atoms with Crippen LogP contribution in [0, 0.1) is 5.92 Å². The molecule has 0 radical (unpaired) electrons. The molecule has 7 heteroatoms. The zero-order valence-electron chi connectivity index (χ0n) is 19.6. The van der Waals surface area contributed by atoms with Gasteiger partial charge in [0.25, 0.3) is 0 Å². The number of piperidine rings is 2. The molecule has 2 aliphatic heterocycles. The number of nitrogens with zero attached hydrogens (tertiary/aromatic N) is 4. The third kappa shape index (κ3) is 5.68. The molecule has 1 aromatic carbocycles. The van der Waals surface area contributed by atoms with E-state index in [1.165, 1.54) is 37.7 Å². The normalized spacial score (nSPS) is 22.3. The first kappa shape index (κ1) is 22.8. The number of hydrogen-bond donors (Lipinski definition) is 2. The third-order valence-electron chi connectivity index (χ3n) is 6.65. The summed E-state index contributed by atoms with van der Waals surface area (Å²) in [5, 5.41) is 7.19. The van der Waals surface area contributed by atoms with Crippen LogP contribution < -0.4 is 20.4 Å². The van der Waals surface area contributed by atoms with Crippen LogP contribution in [0.4, 0.5) is 17.6 Å². The van der Waals surface area contributed by atoms with E-state index in [-0.39, 0.29) is 6.04 Å². The van der Waals surface area contributed by atoms with Crippen molar-refractivity contribution in [2.75, 3.05) is 34.8 Å². The van der Waals surface area contributed by atoms with Gasteiger partial charge in [0, 0.05) is 31.7 Å². The summed E-state index contributed by atoms with van der Waals surface area (Å²) in [7, 11) is 0. The predicted molar refractivity (Wildman–Crippen MR) is 138 cm³/mol. The average Bonchev–Trinajstić information content (AvgIpc) is 2.79. The fourth-order valence-corrected chi connectivity index (χ4v) is 5.05. The molecule has 2 fully saturated rings. The van der Waals surface area contributed by atoms with Crippen LogP contribution in [0.1, 0.15) is 64.5 Å². The minimum atomic E-state index is 0.101. The third-order valence-corrected chi connectivity index (χ3v) is 6.87. The Bertz CT molecular complexity index is 905. The van der Waals surface area contributed by atoms with Gasteiger partial charge in [-0.15, -0.1) is 0 Å². The highest BCUT2D eigenvalue weighted by atomic mass is 32.1. The number of aromatic nitrogens is 2. The molecule has 32 heavy (non-hydrogen) atoms. The number of benzene rings is 1. The second kappa shape index (κ2) is 10.5. The summed E-state index contributed by atoms with van der Waals surface area (Å²) in [6, 6.07) is 13.1. The van der Waals surface area contributed by atoms with Gasteiger partial charge in [-0.25, -0.2) is 0 Å².